The van der Waals surface area contributed by atoms with Gasteiger partial charge in [-0.15, -0.1) is 0 Å². The van der Waals surface area contributed by atoms with Gasteiger partial charge in [0.1, 0.15) is 5.82 Å². The van der Waals surface area contributed by atoms with Crippen molar-refractivity contribution in [3.05, 3.63) is 60.7 Å². The molecule has 4 nitrogen and oxygen atoms in total. The molecule has 2 N–H and O–H groups in total. The lowest BCUT2D eigenvalue weighted by Gasteiger charge is -2.12. The van der Waals surface area contributed by atoms with E-state index in [1.807, 2.05) is 36.4 Å². The number of nitrogen functional groups attached to an aromatic ring is 1. The van der Waals surface area contributed by atoms with Gasteiger partial charge in [0.15, 0.2) is 11.6 Å². The largest absolute Gasteiger partial charge is 0.493 e. The summed E-state index contributed by atoms with van der Waals surface area (Å²) in [4.78, 5) is 8.04. The summed E-state index contributed by atoms with van der Waals surface area (Å²) in [7, 11) is 1.45. The van der Waals surface area contributed by atoms with Crippen LogP contribution >= 0.6 is 0 Å². The Hall–Kier alpha value is -2.95. The third-order valence-electron chi connectivity index (χ3n) is 3.33. The van der Waals surface area contributed by atoms with E-state index in [2.05, 4.69) is 9.97 Å². The monoisotopic (exact) mass is 295 g/mol. The van der Waals surface area contributed by atoms with Crippen molar-refractivity contribution in [2.45, 2.75) is 0 Å². The van der Waals surface area contributed by atoms with Crippen molar-refractivity contribution in [2.75, 3.05) is 12.8 Å². The summed E-state index contributed by atoms with van der Waals surface area (Å²) in [6, 6.07) is 13.0. The number of hydrogen-bond acceptors (Lipinski definition) is 4. The Morgan fingerprint density at radius 1 is 0.955 bits per heavy atom. The van der Waals surface area contributed by atoms with Crippen LogP contribution in [0.1, 0.15) is 0 Å². The molecule has 0 bridgehead atoms. The van der Waals surface area contributed by atoms with E-state index in [1.54, 1.807) is 6.07 Å². The van der Waals surface area contributed by atoms with E-state index in [9.17, 15) is 4.39 Å². The van der Waals surface area contributed by atoms with E-state index in [-0.39, 0.29) is 11.6 Å². The van der Waals surface area contributed by atoms with Crippen LogP contribution in [0, 0.1) is 5.82 Å². The van der Waals surface area contributed by atoms with Gasteiger partial charge in [-0.1, -0.05) is 30.3 Å². The van der Waals surface area contributed by atoms with Crippen molar-refractivity contribution in [2.24, 2.45) is 0 Å². The Morgan fingerprint density at radius 3 is 2.32 bits per heavy atom. The van der Waals surface area contributed by atoms with Crippen LogP contribution in [0.15, 0.2) is 54.9 Å². The maximum atomic E-state index is 14.8. The molecule has 0 atom stereocenters. The highest BCUT2D eigenvalue weighted by molar-refractivity contribution is 5.76. The number of nitrogens with two attached hydrogens (primary N) is 1. The predicted molar refractivity (Wildman–Crippen MR) is 83.8 cm³/mol. The van der Waals surface area contributed by atoms with Gasteiger partial charge in [-0.3, -0.25) is 4.98 Å². The molecule has 3 aromatic rings. The van der Waals surface area contributed by atoms with Crippen LogP contribution in [0.2, 0.25) is 0 Å². The fourth-order valence-corrected chi connectivity index (χ4v) is 2.28. The third kappa shape index (κ3) is 2.48. The minimum absolute atomic E-state index is 0.183. The highest BCUT2D eigenvalue weighted by Gasteiger charge is 2.17. The SMILES string of the molecule is COc1c(-c2ccccc2)ccc(-c2cnc(N)cn2)c1F. The molecule has 0 saturated carbocycles. The topological polar surface area (TPSA) is 61.0 Å². The summed E-state index contributed by atoms with van der Waals surface area (Å²) in [5, 5.41) is 0. The van der Waals surface area contributed by atoms with Crippen molar-refractivity contribution in [1.29, 1.82) is 0 Å². The zero-order valence-corrected chi connectivity index (χ0v) is 12.0. The summed E-state index contributed by atoms with van der Waals surface area (Å²) >= 11 is 0. The number of methoxy groups -OCH3 is 1. The Bertz CT molecular complexity index is 789. The molecule has 0 radical (unpaired) electrons. The first kappa shape index (κ1) is 14.0. The van der Waals surface area contributed by atoms with Gasteiger partial charge in [-0.25, -0.2) is 9.37 Å². The first-order chi connectivity index (χ1) is 10.7. The molecule has 0 aliphatic carbocycles. The number of halogens is 1. The number of anilines is 1. The molecule has 110 valence electrons. The Kier molecular flexibility index (Phi) is 3.70. The van der Waals surface area contributed by atoms with Gasteiger partial charge in [0, 0.05) is 11.1 Å². The lowest BCUT2D eigenvalue weighted by atomic mass is 10.0. The van der Waals surface area contributed by atoms with Crippen molar-refractivity contribution in [3.8, 4) is 28.1 Å². The molecule has 2 aromatic carbocycles. The van der Waals surface area contributed by atoms with Crippen LogP contribution in [0.25, 0.3) is 22.4 Å². The van der Waals surface area contributed by atoms with E-state index < -0.39 is 5.82 Å². The molecule has 0 aliphatic rings. The summed E-state index contributed by atoms with van der Waals surface area (Å²) in [5.41, 5.74) is 7.81. The first-order valence-corrected chi connectivity index (χ1v) is 6.70. The lowest BCUT2D eigenvalue weighted by molar-refractivity contribution is 0.389. The molecule has 0 fully saturated rings. The second kappa shape index (κ2) is 5.81. The zero-order chi connectivity index (χ0) is 15.5. The molecule has 22 heavy (non-hydrogen) atoms. The summed E-state index contributed by atoms with van der Waals surface area (Å²) in [5.74, 6) is 0.00211. The highest BCUT2D eigenvalue weighted by Crippen LogP contribution is 2.37. The van der Waals surface area contributed by atoms with E-state index in [0.717, 1.165) is 5.56 Å². The molecule has 0 amide bonds. The maximum absolute atomic E-state index is 14.8. The van der Waals surface area contributed by atoms with Gasteiger partial charge in [0.2, 0.25) is 0 Å². The van der Waals surface area contributed by atoms with Crippen molar-refractivity contribution in [3.63, 3.8) is 0 Å². The van der Waals surface area contributed by atoms with Crippen LogP contribution in [0.3, 0.4) is 0 Å². The second-order valence-corrected chi connectivity index (χ2v) is 4.70. The molecular weight excluding hydrogens is 281 g/mol. The fraction of sp³-hybridized carbons (Fsp3) is 0.0588. The van der Waals surface area contributed by atoms with Crippen LogP contribution in [0.5, 0.6) is 5.75 Å². The molecule has 0 saturated heterocycles. The van der Waals surface area contributed by atoms with Gasteiger partial charge in [0.25, 0.3) is 0 Å². The standard InChI is InChI=1S/C17H14FN3O/c1-22-17-12(11-5-3-2-4-6-11)7-8-13(16(17)18)14-9-21-15(19)10-20-14/h2-10H,1H3,(H2,19,21). The van der Waals surface area contributed by atoms with E-state index >= 15 is 0 Å². The van der Waals surface area contributed by atoms with Crippen molar-refractivity contribution >= 4 is 5.82 Å². The first-order valence-electron chi connectivity index (χ1n) is 6.70. The van der Waals surface area contributed by atoms with E-state index in [1.165, 1.54) is 19.5 Å². The summed E-state index contributed by atoms with van der Waals surface area (Å²) in [6.07, 6.45) is 2.84. The fourth-order valence-electron chi connectivity index (χ4n) is 2.28. The molecule has 3 rings (SSSR count). The second-order valence-electron chi connectivity index (χ2n) is 4.70. The highest BCUT2D eigenvalue weighted by atomic mass is 19.1. The minimum atomic E-state index is -0.470. The van der Waals surface area contributed by atoms with Crippen LogP contribution in [-0.2, 0) is 0 Å². The van der Waals surface area contributed by atoms with Crippen LogP contribution in [0.4, 0.5) is 10.2 Å². The molecule has 1 heterocycles. The average Bonchev–Trinajstić information content (AvgIpc) is 2.56. The van der Waals surface area contributed by atoms with E-state index in [4.69, 9.17) is 10.5 Å². The molecule has 0 spiro atoms. The lowest BCUT2D eigenvalue weighted by Crippen LogP contribution is -1.98. The Morgan fingerprint density at radius 2 is 1.68 bits per heavy atom. The van der Waals surface area contributed by atoms with Crippen molar-refractivity contribution < 1.29 is 9.13 Å². The molecular formula is C17H14FN3O. The summed E-state index contributed by atoms with van der Waals surface area (Å²) < 4.78 is 20.0. The molecule has 0 aliphatic heterocycles. The van der Waals surface area contributed by atoms with Gasteiger partial charge < -0.3 is 10.5 Å². The quantitative estimate of drug-likeness (QED) is 0.803. The number of rotatable bonds is 3. The van der Waals surface area contributed by atoms with E-state index in [0.29, 0.717) is 16.8 Å². The number of hydrogen-bond donors (Lipinski definition) is 1. The predicted octanol–water partition coefficient (Wildman–Crippen LogP) is 3.54. The molecule has 5 heteroatoms. The van der Waals surface area contributed by atoms with Gasteiger partial charge in [0.05, 0.1) is 25.2 Å². The number of nitrogens with zero attached hydrogens (tertiary/aromatic N) is 2. The zero-order valence-electron chi connectivity index (χ0n) is 12.0. The third-order valence-corrected chi connectivity index (χ3v) is 3.33. The van der Waals surface area contributed by atoms with Crippen molar-refractivity contribution in [1.82, 2.24) is 9.97 Å². The minimum Gasteiger partial charge on any atom is -0.493 e. The average molecular weight is 295 g/mol. The number of aromatic nitrogens is 2. The summed E-state index contributed by atoms with van der Waals surface area (Å²) in [6.45, 7) is 0. The molecule has 1 aromatic heterocycles. The van der Waals surface area contributed by atoms with Gasteiger partial charge >= 0.3 is 0 Å². The van der Waals surface area contributed by atoms with Gasteiger partial charge in [-0.05, 0) is 17.7 Å². The van der Waals surface area contributed by atoms with Crippen LogP contribution < -0.4 is 10.5 Å². The number of benzene rings is 2. The normalized spacial score (nSPS) is 10.5. The Balaban J connectivity index is 2.14. The number of ether oxygens (including phenoxy) is 1. The van der Waals surface area contributed by atoms with Gasteiger partial charge in [-0.2, -0.15) is 0 Å². The maximum Gasteiger partial charge on any atom is 0.175 e. The van der Waals surface area contributed by atoms with Crippen LogP contribution in [-0.4, -0.2) is 17.1 Å². The molecule has 0 unspecified atom stereocenters. The smallest absolute Gasteiger partial charge is 0.175 e. The Labute approximate surface area is 127 Å².